The predicted octanol–water partition coefficient (Wildman–Crippen LogP) is 3.38. The van der Waals surface area contributed by atoms with Gasteiger partial charge in [-0.1, -0.05) is 23.9 Å². The van der Waals surface area contributed by atoms with Crippen LogP contribution in [0, 0.1) is 6.92 Å². The number of ether oxygens (including phenoxy) is 3. The summed E-state index contributed by atoms with van der Waals surface area (Å²) >= 11 is 0. The number of nitrogens with zero attached hydrogens (tertiary/aromatic N) is 2. The first kappa shape index (κ1) is 19.9. The Bertz CT molecular complexity index is 811. The van der Waals surface area contributed by atoms with Gasteiger partial charge < -0.3 is 23.6 Å². The standard InChI is InChI=1S/C21H26N2O5/c1-4-9-27-19-8-7-16(12-20(19)25-3)13-23(14-17-6-5-10-26-17)21(24)18-11-15(2)28-22-18/h4,7-8,11-12,17H,1,5-6,9-10,13-14H2,2-3H3. The van der Waals surface area contributed by atoms with Gasteiger partial charge in [0.25, 0.3) is 5.91 Å². The molecule has 1 aliphatic rings. The number of aromatic nitrogens is 1. The maximum atomic E-state index is 13.0. The number of amides is 1. The van der Waals surface area contributed by atoms with Crippen LogP contribution in [0.25, 0.3) is 0 Å². The lowest BCUT2D eigenvalue weighted by atomic mass is 10.1. The summed E-state index contributed by atoms with van der Waals surface area (Å²) in [5.74, 6) is 1.67. The van der Waals surface area contributed by atoms with Crippen molar-refractivity contribution >= 4 is 5.91 Å². The van der Waals surface area contributed by atoms with E-state index in [1.807, 2.05) is 18.2 Å². The lowest BCUT2D eigenvalue weighted by Crippen LogP contribution is -2.37. The summed E-state index contributed by atoms with van der Waals surface area (Å²) in [5.41, 5.74) is 1.22. The van der Waals surface area contributed by atoms with Gasteiger partial charge in [-0.3, -0.25) is 4.79 Å². The van der Waals surface area contributed by atoms with E-state index in [0.29, 0.717) is 42.6 Å². The molecule has 0 saturated carbocycles. The van der Waals surface area contributed by atoms with Gasteiger partial charge in [-0.25, -0.2) is 0 Å². The third-order valence-corrected chi connectivity index (χ3v) is 4.54. The van der Waals surface area contributed by atoms with Crippen LogP contribution in [0.3, 0.4) is 0 Å². The number of aryl methyl sites for hydroxylation is 1. The lowest BCUT2D eigenvalue weighted by Gasteiger charge is -2.25. The molecular formula is C21H26N2O5. The second-order valence-electron chi connectivity index (χ2n) is 6.73. The summed E-state index contributed by atoms with van der Waals surface area (Å²) < 4.78 is 21.8. The molecule has 1 aliphatic heterocycles. The number of hydrogen-bond donors (Lipinski definition) is 0. The second-order valence-corrected chi connectivity index (χ2v) is 6.73. The molecule has 0 radical (unpaired) electrons. The topological polar surface area (TPSA) is 74.0 Å². The fourth-order valence-corrected chi connectivity index (χ4v) is 3.18. The number of benzene rings is 1. The van der Waals surface area contributed by atoms with Gasteiger partial charge in [-0.05, 0) is 37.5 Å². The Morgan fingerprint density at radius 1 is 1.39 bits per heavy atom. The molecule has 1 unspecified atom stereocenters. The molecule has 2 aromatic rings. The molecule has 1 amide bonds. The molecule has 150 valence electrons. The zero-order valence-corrected chi connectivity index (χ0v) is 16.3. The molecule has 28 heavy (non-hydrogen) atoms. The van der Waals surface area contributed by atoms with Crippen molar-refractivity contribution in [1.82, 2.24) is 10.1 Å². The maximum Gasteiger partial charge on any atom is 0.276 e. The van der Waals surface area contributed by atoms with E-state index in [1.165, 1.54) is 0 Å². The summed E-state index contributed by atoms with van der Waals surface area (Å²) in [5, 5.41) is 3.87. The zero-order chi connectivity index (χ0) is 19.9. The Labute approximate surface area is 164 Å². The van der Waals surface area contributed by atoms with Crippen molar-refractivity contribution in [1.29, 1.82) is 0 Å². The molecule has 7 heteroatoms. The normalized spacial score (nSPS) is 16.0. The number of carbonyl (C=O) groups excluding carboxylic acids is 1. The minimum atomic E-state index is -0.182. The van der Waals surface area contributed by atoms with Crippen molar-refractivity contribution in [3.8, 4) is 11.5 Å². The maximum absolute atomic E-state index is 13.0. The first-order valence-electron chi connectivity index (χ1n) is 9.35. The Morgan fingerprint density at radius 3 is 2.89 bits per heavy atom. The fourth-order valence-electron chi connectivity index (χ4n) is 3.18. The van der Waals surface area contributed by atoms with Crippen molar-refractivity contribution < 1.29 is 23.5 Å². The number of carbonyl (C=O) groups is 1. The Balaban J connectivity index is 1.79. The Kier molecular flexibility index (Phi) is 6.71. The van der Waals surface area contributed by atoms with Crippen LogP contribution in [0.5, 0.6) is 11.5 Å². The van der Waals surface area contributed by atoms with E-state index >= 15 is 0 Å². The van der Waals surface area contributed by atoms with Gasteiger partial charge in [0, 0.05) is 25.8 Å². The molecule has 3 rings (SSSR count). The summed E-state index contributed by atoms with van der Waals surface area (Å²) in [6, 6.07) is 7.29. The van der Waals surface area contributed by atoms with Crippen LogP contribution in [0.4, 0.5) is 0 Å². The smallest absolute Gasteiger partial charge is 0.276 e. The van der Waals surface area contributed by atoms with Crippen LogP contribution < -0.4 is 9.47 Å². The second kappa shape index (κ2) is 9.41. The van der Waals surface area contributed by atoms with E-state index < -0.39 is 0 Å². The number of methoxy groups -OCH3 is 1. The van der Waals surface area contributed by atoms with Gasteiger partial charge >= 0.3 is 0 Å². The van der Waals surface area contributed by atoms with Gasteiger partial charge in [0.15, 0.2) is 17.2 Å². The molecular weight excluding hydrogens is 360 g/mol. The minimum Gasteiger partial charge on any atom is -0.493 e. The molecule has 7 nitrogen and oxygen atoms in total. The molecule has 1 aromatic heterocycles. The molecule has 0 N–H and O–H groups in total. The average molecular weight is 386 g/mol. The number of rotatable bonds is 9. The van der Waals surface area contributed by atoms with E-state index in [0.717, 1.165) is 25.0 Å². The van der Waals surface area contributed by atoms with Crippen LogP contribution >= 0.6 is 0 Å². The van der Waals surface area contributed by atoms with Gasteiger partial charge in [0.05, 0.1) is 13.2 Å². The molecule has 1 saturated heterocycles. The highest BCUT2D eigenvalue weighted by Gasteiger charge is 2.25. The highest BCUT2D eigenvalue weighted by molar-refractivity contribution is 5.92. The zero-order valence-electron chi connectivity index (χ0n) is 16.3. The monoisotopic (exact) mass is 386 g/mol. The first-order valence-corrected chi connectivity index (χ1v) is 9.35. The van der Waals surface area contributed by atoms with E-state index in [2.05, 4.69) is 11.7 Å². The highest BCUT2D eigenvalue weighted by Crippen LogP contribution is 2.29. The molecule has 1 fully saturated rings. The van der Waals surface area contributed by atoms with Gasteiger partial charge in [-0.2, -0.15) is 0 Å². The number of hydrogen-bond acceptors (Lipinski definition) is 6. The summed E-state index contributed by atoms with van der Waals surface area (Å²) in [7, 11) is 1.59. The predicted molar refractivity (Wildman–Crippen MR) is 104 cm³/mol. The highest BCUT2D eigenvalue weighted by atomic mass is 16.5. The van der Waals surface area contributed by atoms with Crippen molar-refractivity contribution in [2.24, 2.45) is 0 Å². The van der Waals surface area contributed by atoms with Crippen LogP contribution in [0.1, 0.15) is 34.7 Å². The van der Waals surface area contributed by atoms with Crippen LogP contribution in [-0.2, 0) is 11.3 Å². The molecule has 0 aliphatic carbocycles. The van der Waals surface area contributed by atoms with Gasteiger partial charge in [-0.15, -0.1) is 0 Å². The van der Waals surface area contributed by atoms with Crippen LogP contribution in [0.15, 0.2) is 41.4 Å². The molecule has 1 aromatic carbocycles. The fraction of sp³-hybridized carbons (Fsp3) is 0.429. The summed E-state index contributed by atoms with van der Waals surface area (Å²) in [6.07, 6.45) is 3.67. The third-order valence-electron chi connectivity index (χ3n) is 4.54. The largest absolute Gasteiger partial charge is 0.493 e. The molecule has 2 heterocycles. The minimum absolute atomic E-state index is 0.0361. The van der Waals surface area contributed by atoms with E-state index in [-0.39, 0.29) is 12.0 Å². The van der Waals surface area contributed by atoms with E-state index in [9.17, 15) is 4.79 Å². The van der Waals surface area contributed by atoms with Crippen molar-refractivity contribution in [2.75, 3.05) is 26.9 Å². The summed E-state index contributed by atoms with van der Waals surface area (Å²) in [4.78, 5) is 14.7. The van der Waals surface area contributed by atoms with Gasteiger partial charge in [0.1, 0.15) is 12.4 Å². The van der Waals surface area contributed by atoms with Crippen molar-refractivity contribution in [3.05, 3.63) is 53.9 Å². The van der Waals surface area contributed by atoms with Gasteiger partial charge in [0.2, 0.25) is 0 Å². The molecule has 0 spiro atoms. The Morgan fingerprint density at radius 2 is 2.25 bits per heavy atom. The van der Waals surface area contributed by atoms with Crippen LogP contribution in [-0.4, -0.2) is 48.9 Å². The molecule has 1 atom stereocenters. The SMILES string of the molecule is C=CCOc1ccc(CN(CC2CCCO2)C(=O)c2cc(C)on2)cc1OC. The van der Waals surface area contributed by atoms with E-state index in [4.69, 9.17) is 18.7 Å². The molecule has 0 bridgehead atoms. The van der Waals surface area contributed by atoms with Crippen molar-refractivity contribution in [2.45, 2.75) is 32.4 Å². The quantitative estimate of drug-likeness (QED) is 0.615. The van der Waals surface area contributed by atoms with Crippen molar-refractivity contribution in [3.63, 3.8) is 0 Å². The van der Waals surface area contributed by atoms with Crippen LogP contribution in [0.2, 0.25) is 0 Å². The summed E-state index contributed by atoms with van der Waals surface area (Å²) in [6.45, 7) is 7.45. The average Bonchev–Trinajstić information content (AvgIpc) is 3.37. The first-order chi connectivity index (χ1) is 13.6. The van der Waals surface area contributed by atoms with E-state index in [1.54, 1.807) is 31.1 Å². The lowest BCUT2D eigenvalue weighted by molar-refractivity contribution is 0.0499. The third kappa shape index (κ3) is 4.92. The Hall–Kier alpha value is -2.80.